The number of nitrogens with zero attached hydrogens (tertiary/aromatic N) is 2. The highest BCUT2D eigenvalue weighted by atomic mass is 16.1. The van der Waals surface area contributed by atoms with E-state index < -0.39 is 0 Å². The third-order valence-electron chi connectivity index (χ3n) is 3.68. The minimum atomic E-state index is -0.102. The van der Waals surface area contributed by atoms with Gasteiger partial charge in [-0.25, -0.2) is 4.52 Å². The molecule has 0 saturated heterocycles. The van der Waals surface area contributed by atoms with Crippen molar-refractivity contribution in [1.82, 2.24) is 19.9 Å². The molecule has 1 aromatic carbocycles. The first-order valence-corrected chi connectivity index (χ1v) is 7.09. The number of nitrogens with one attached hydrogen (secondary N) is 2. The third-order valence-corrected chi connectivity index (χ3v) is 3.68. The van der Waals surface area contributed by atoms with Gasteiger partial charge in [0.25, 0.3) is 5.91 Å². The van der Waals surface area contributed by atoms with E-state index in [0.29, 0.717) is 12.1 Å². The van der Waals surface area contributed by atoms with Gasteiger partial charge in [0.05, 0.1) is 23.3 Å². The number of carbonyl (C=O) groups excluding carboxylic acids is 1. The molecule has 0 atom stereocenters. The van der Waals surface area contributed by atoms with E-state index >= 15 is 0 Å². The molecular formula is C17H14N4O. The molecule has 0 aliphatic rings. The molecule has 2 N–H and O–H groups in total. The Kier molecular flexibility index (Phi) is 2.89. The number of H-pyrrole nitrogens is 1. The first-order valence-electron chi connectivity index (χ1n) is 7.09. The largest absolute Gasteiger partial charge is 0.360 e. The van der Waals surface area contributed by atoms with Gasteiger partial charge in [0, 0.05) is 23.3 Å². The zero-order chi connectivity index (χ0) is 14.9. The van der Waals surface area contributed by atoms with Crippen LogP contribution in [-0.2, 0) is 6.54 Å². The van der Waals surface area contributed by atoms with Crippen LogP contribution in [0.25, 0.3) is 16.4 Å². The molecule has 3 aromatic heterocycles. The molecule has 1 amide bonds. The Morgan fingerprint density at radius 2 is 2.05 bits per heavy atom. The van der Waals surface area contributed by atoms with Crippen molar-refractivity contribution in [2.75, 3.05) is 0 Å². The fourth-order valence-electron chi connectivity index (χ4n) is 2.60. The summed E-state index contributed by atoms with van der Waals surface area (Å²) >= 11 is 0. The number of hydrogen-bond acceptors (Lipinski definition) is 2. The number of pyridine rings is 1. The maximum atomic E-state index is 12.3. The van der Waals surface area contributed by atoms with E-state index in [1.807, 2.05) is 54.7 Å². The molecule has 5 heteroatoms. The second kappa shape index (κ2) is 5.04. The van der Waals surface area contributed by atoms with Gasteiger partial charge >= 0.3 is 0 Å². The number of benzene rings is 1. The van der Waals surface area contributed by atoms with Gasteiger partial charge in [-0.15, -0.1) is 0 Å². The maximum absolute atomic E-state index is 12.3. The van der Waals surface area contributed by atoms with Crippen LogP contribution in [0, 0.1) is 0 Å². The minimum Gasteiger partial charge on any atom is -0.360 e. The number of fused-ring (bicyclic) bond motifs is 2. The van der Waals surface area contributed by atoms with E-state index in [2.05, 4.69) is 15.4 Å². The van der Waals surface area contributed by atoms with Gasteiger partial charge in [0.15, 0.2) is 0 Å². The van der Waals surface area contributed by atoms with E-state index in [0.717, 1.165) is 22.1 Å². The van der Waals surface area contributed by atoms with Crippen molar-refractivity contribution >= 4 is 22.3 Å². The van der Waals surface area contributed by atoms with Crippen LogP contribution in [0.1, 0.15) is 16.1 Å². The second-order valence-corrected chi connectivity index (χ2v) is 5.14. The van der Waals surface area contributed by atoms with Crippen LogP contribution < -0.4 is 5.32 Å². The van der Waals surface area contributed by atoms with Crippen LogP contribution in [0.2, 0.25) is 0 Å². The summed E-state index contributed by atoms with van der Waals surface area (Å²) in [7, 11) is 0. The summed E-state index contributed by atoms with van der Waals surface area (Å²) in [5, 5.41) is 8.27. The Balaban J connectivity index is 1.54. The van der Waals surface area contributed by atoms with Gasteiger partial charge in [0.2, 0.25) is 0 Å². The van der Waals surface area contributed by atoms with E-state index in [-0.39, 0.29) is 5.91 Å². The van der Waals surface area contributed by atoms with Gasteiger partial charge in [-0.2, -0.15) is 5.10 Å². The first kappa shape index (κ1) is 12.6. The predicted molar refractivity (Wildman–Crippen MR) is 84.7 cm³/mol. The van der Waals surface area contributed by atoms with Crippen molar-refractivity contribution < 1.29 is 4.79 Å². The quantitative estimate of drug-likeness (QED) is 0.609. The molecule has 3 heterocycles. The predicted octanol–water partition coefficient (Wildman–Crippen LogP) is 2.75. The SMILES string of the molecule is O=C(NCc1cc2ccccn2n1)c1c[nH]c2ccccc12. The van der Waals surface area contributed by atoms with Crippen molar-refractivity contribution in [2.45, 2.75) is 6.54 Å². The fourth-order valence-corrected chi connectivity index (χ4v) is 2.60. The van der Waals surface area contributed by atoms with Gasteiger partial charge < -0.3 is 10.3 Å². The summed E-state index contributed by atoms with van der Waals surface area (Å²) in [5.41, 5.74) is 3.46. The number of carbonyl (C=O) groups is 1. The van der Waals surface area contributed by atoms with Gasteiger partial charge in [0.1, 0.15) is 0 Å². The lowest BCUT2D eigenvalue weighted by molar-refractivity contribution is 0.0952. The number of aromatic nitrogens is 3. The van der Waals surface area contributed by atoms with Crippen molar-refractivity contribution in [3.8, 4) is 0 Å². The molecule has 0 aliphatic carbocycles. The highest BCUT2D eigenvalue weighted by Crippen LogP contribution is 2.17. The number of rotatable bonds is 3. The lowest BCUT2D eigenvalue weighted by atomic mass is 10.1. The standard InChI is InChI=1S/C17H14N4O/c22-17(15-11-18-16-7-2-1-6-14(15)16)19-10-12-9-13-5-3-4-8-21(13)20-12/h1-9,11,18H,10H2,(H,19,22). The van der Waals surface area contributed by atoms with Gasteiger partial charge in [-0.1, -0.05) is 24.3 Å². The topological polar surface area (TPSA) is 62.2 Å². The molecule has 0 radical (unpaired) electrons. The van der Waals surface area contributed by atoms with Gasteiger partial charge in [-0.3, -0.25) is 4.79 Å². The van der Waals surface area contributed by atoms with E-state index in [4.69, 9.17) is 0 Å². The molecule has 0 aliphatic heterocycles. The molecular weight excluding hydrogens is 276 g/mol. The number of hydrogen-bond donors (Lipinski definition) is 2. The maximum Gasteiger partial charge on any atom is 0.253 e. The summed E-state index contributed by atoms with van der Waals surface area (Å²) in [6.45, 7) is 0.403. The Bertz CT molecular complexity index is 934. The zero-order valence-corrected chi connectivity index (χ0v) is 11.8. The Morgan fingerprint density at radius 1 is 1.18 bits per heavy atom. The molecule has 4 aromatic rings. The number of amides is 1. The van der Waals surface area contributed by atoms with Crippen molar-refractivity contribution in [2.24, 2.45) is 0 Å². The molecule has 4 rings (SSSR count). The normalized spacial score (nSPS) is 11.1. The molecule has 0 spiro atoms. The highest BCUT2D eigenvalue weighted by Gasteiger charge is 2.11. The van der Waals surface area contributed by atoms with E-state index in [9.17, 15) is 4.79 Å². The monoisotopic (exact) mass is 290 g/mol. The molecule has 22 heavy (non-hydrogen) atoms. The molecule has 0 fully saturated rings. The molecule has 5 nitrogen and oxygen atoms in total. The third kappa shape index (κ3) is 2.13. The smallest absolute Gasteiger partial charge is 0.253 e. The zero-order valence-electron chi connectivity index (χ0n) is 11.8. The first-order chi connectivity index (χ1) is 10.8. The molecule has 0 unspecified atom stereocenters. The minimum absolute atomic E-state index is 0.102. The van der Waals surface area contributed by atoms with Crippen molar-refractivity contribution in [1.29, 1.82) is 0 Å². The van der Waals surface area contributed by atoms with Crippen LogP contribution >= 0.6 is 0 Å². The molecule has 0 saturated carbocycles. The van der Waals surface area contributed by atoms with E-state index in [1.54, 1.807) is 10.7 Å². The second-order valence-electron chi connectivity index (χ2n) is 5.14. The van der Waals surface area contributed by atoms with Crippen LogP contribution in [0.15, 0.2) is 60.9 Å². The Hall–Kier alpha value is -3.08. The average molecular weight is 290 g/mol. The van der Waals surface area contributed by atoms with Gasteiger partial charge in [-0.05, 0) is 24.3 Å². The summed E-state index contributed by atoms with van der Waals surface area (Å²) in [6, 6.07) is 15.6. The van der Waals surface area contributed by atoms with E-state index in [1.165, 1.54) is 0 Å². The van der Waals surface area contributed by atoms with Crippen molar-refractivity contribution in [3.63, 3.8) is 0 Å². The Morgan fingerprint density at radius 3 is 2.95 bits per heavy atom. The lowest BCUT2D eigenvalue weighted by Gasteiger charge is -2.01. The summed E-state index contributed by atoms with van der Waals surface area (Å²) in [6.07, 6.45) is 3.63. The van der Waals surface area contributed by atoms with Crippen LogP contribution in [0.5, 0.6) is 0 Å². The summed E-state index contributed by atoms with van der Waals surface area (Å²) in [4.78, 5) is 15.5. The number of aromatic amines is 1. The molecule has 108 valence electrons. The fraction of sp³-hybridized carbons (Fsp3) is 0.0588. The van der Waals surface area contributed by atoms with Crippen LogP contribution in [0.3, 0.4) is 0 Å². The molecule has 0 bridgehead atoms. The van der Waals surface area contributed by atoms with Crippen LogP contribution in [-0.4, -0.2) is 20.5 Å². The van der Waals surface area contributed by atoms with Crippen LogP contribution in [0.4, 0.5) is 0 Å². The lowest BCUT2D eigenvalue weighted by Crippen LogP contribution is -2.22. The highest BCUT2D eigenvalue weighted by molar-refractivity contribution is 6.06. The average Bonchev–Trinajstić information content (AvgIpc) is 3.16. The number of para-hydroxylation sites is 1. The Labute approximate surface area is 126 Å². The summed E-state index contributed by atoms with van der Waals surface area (Å²) < 4.78 is 1.80. The van der Waals surface area contributed by atoms with Crippen molar-refractivity contribution in [3.05, 3.63) is 72.2 Å². The summed E-state index contributed by atoms with van der Waals surface area (Å²) in [5.74, 6) is -0.102.